The molecule has 2 N–H and O–H groups in total. The lowest BCUT2D eigenvalue weighted by molar-refractivity contribution is 0.414. The zero-order valence-corrected chi connectivity index (χ0v) is 24.8. The molecule has 0 atom stereocenters. The summed E-state index contributed by atoms with van der Waals surface area (Å²) in [6, 6.07) is 16.8. The first-order valence-electron chi connectivity index (χ1n) is 10.6. The Kier molecular flexibility index (Phi) is 11.1. The Bertz CT molecular complexity index is 1280. The molecule has 0 amide bonds. The molecule has 0 bridgehead atoms. The first kappa shape index (κ1) is 28.4. The minimum absolute atomic E-state index is 0.167. The van der Waals surface area contributed by atoms with Crippen molar-refractivity contribution in [3.63, 3.8) is 0 Å². The van der Waals surface area contributed by atoms with Gasteiger partial charge in [-0.25, -0.2) is 10.9 Å². The van der Waals surface area contributed by atoms with Gasteiger partial charge in [0.1, 0.15) is 17.2 Å². The van der Waals surface area contributed by atoms with Crippen LogP contribution in [0.25, 0.3) is 0 Å². The fourth-order valence-electron chi connectivity index (χ4n) is 2.96. The molecule has 0 spiro atoms. The number of hydrazone groups is 2. The predicted molar refractivity (Wildman–Crippen MR) is 159 cm³/mol. The summed E-state index contributed by atoms with van der Waals surface area (Å²) in [4.78, 5) is 0. The summed E-state index contributed by atoms with van der Waals surface area (Å²) in [5.74, 6) is 2.16. The number of hydrogen-bond donors (Lipinski definition) is 2. The summed E-state index contributed by atoms with van der Waals surface area (Å²) in [6.45, 7) is 0. The minimum atomic E-state index is 0.167. The van der Waals surface area contributed by atoms with Crippen molar-refractivity contribution in [2.45, 2.75) is 0 Å². The molecule has 3 aromatic carbocycles. The highest BCUT2D eigenvalue weighted by Gasteiger charge is 2.04. The fraction of sp³-hybridized carbons (Fsp3) is 0.120. The van der Waals surface area contributed by atoms with Crippen LogP contribution in [-0.2, 0) is 0 Å². The number of nitrogens with one attached hydrogen (secondary N) is 2. The molecule has 0 unspecified atom stereocenters. The van der Waals surface area contributed by atoms with Gasteiger partial charge in [0.05, 0.1) is 40.0 Å². The normalized spacial score (nSPS) is 11.9. The van der Waals surface area contributed by atoms with E-state index in [9.17, 15) is 0 Å². The lowest BCUT2D eigenvalue weighted by Crippen LogP contribution is -2.30. The first-order chi connectivity index (χ1) is 17.9. The van der Waals surface area contributed by atoms with Gasteiger partial charge in [-0.1, -0.05) is 47.8 Å². The molecule has 3 aromatic rings. The van der Waals surface area contributed by atoms with Crippen molar-refractivity contribution in [1.29, 1.82) is 0 Å². The quantitative estimate of drug-likeness (QED) is 0.164. The third kappa shape index (κ3) is 8.69. The summed E-state index contributed by atoms with van der Waals surface area (Å²) in [7, 11) is 4.78. The largest absolute Gasteiger partial charge is 0.496 e. The van der Waals surface area contributed by atoms with Crippen LogP contribution < -0.4 is 25.1 Å². The molecule has 192 valence electrons. The maximum absolute atomic E-state index is 5.38. The summed E-state index contributed by atoms with van der Waals surface area (Å²) in [6.07, 6.45) is 4.76. The first-order valence-corrected chi connectivity index (χ1v) is 13.0. The van der Waals surface area contributed by atoms with Crippen LogP contribution in [0.4, 0.5) is 0 Å². The van der Waals surface area contributed by atoms with E-state index in [2.05, 4.69) is 79.0 Å². The van der Waals surface area contributed by atoms with Gasteiger partial charge >= 0.3 is 0 Å². The number of methoxy groups -OCH3 is 3. The van der Waals surface area contributed by atoms with Gasteiger partial charge in [0, 0.05) is 30.1 Å². The Hall–Kier alpha value is -3.22. The Morgan fingerprint density at radius 2 is 1.00 bits per heavy atom. The molecule has 0 heterocycles. The number of hydrogen-bond acceptors (Lipinski definition) is 7. The molecule has 0 saturated carbocycles. The fourth-order valence-corrected chi connectivity index (χ4v) is 4.10. The van der Waals surface area contributed by atoms with Gasteiger partial charge in [0.15, 0.2) is 0 Å². The van der Waals surface area contributed by atoms with Gasteiger partial charge in [-0.15, -0.1) is 5.10 Å². The molecule has 0 aliphatic carbocycles. The number of halogens is 3. The topological polar surface area (TPSA) is 101 Å². The van der Waals surface area contributed by atoms with E-state index in [4.69, 9.17) is 14.2 Å². The second kappa shape index (κ2) is 14.5. The predicted octanol–water partition coefficient (Wildman–Crippen LogP) is 5.94. The van der Waals surface area contributed by atoms with Crippen molar-refractivity contribution >= 4 is 72.4 Å². The van der Waals surface area contributed by atoms with E-state index in [0.29, 0.717) is 17.2 Å². The van der Waals surface area contributed by atoms with E-state index in [1.54, 1.807) is 40.0 Å². The van der Waals surface area contributed by atoms with Crippen LogP contribution in [0.3, 0.4) is 0 Å². The smallest absolute Gasteiger partial charge is 0.257 e. The van der Waals surface area contributed by atoms with Crippen LogP contribution in [0, 0.1) is 0 Å². The van der Waals surface area contributed by atoms with E-state index in [-0.39, 0.29) is 5.96 Å². The van der Waals surface area contributed by atoms with Crippen molar-refractivity contribution in [3.05, 3.63) is 84.7 Å². The van der Waals surface area contributed by atoms with Gasteiger partial charge in [-0.05, 0) is 54.6 Å². The molecular weight excluding hydrogens is 672 g/mol. The van der Waals surface area contributed by atoms with Crippen molar-refractivity contribution in [2.75, 3.05) is 21.3 Å². The molecule has 0 aliphatic heterocycles. The molecule has 3 rings (SSSR count). The number of rotatable bonds is 9. The van der Waals surface area contributed by atoms with Crippen molar-refractivity contribution in [1.82, 2.24) is 10.9 Å². The van der Waals surface area contributed by atoms with E-state index in [1.807, 2.05) is 54.6 Å². The second-order valence-electron chi connectivity index (χ2n) is 7.09. The maximum Gasteiger partial charge on any atom is 0.257 e. The average molecular weight is 695 g/mol. The SMILES string of the molecule is COc1ccc(Br)cc1/C=N\NC(=N/N=C/c1cc(Br)ccc1OC)N/N=C/c1cc(Br)ccc1OC. The summed E-state index contributed by atoms with van der Waals surface area (Å²) >= 11 is 10.4. The summed E-state index contributed by atoms with van der Waals surface area (Å²) in [5, 5.41) is 16.9. The lowest BCUT2D eigenvalue weighted by atomic mass is 10.2. The van der Waals surface area contributed by atoms with Crippen LogP contribution in [0.15, 0.2) is 88.4 Å². The summed E-state index contributed by atoms with van der Waals surface area (Å²) < 4.78 is 18.8. The zero-order chi connectivity index (χ0) is 26.6. The van der Waals surface area contributed by atoms with Crippen molar-refractivity contribution in [3.8, 4) is 17.2 Å². The standard InChI is InChI=1S/C25H23Br3N6O3/c1-35-22-7-4-19(26)10-16(22)13-29-32-25(33-30-14-17-11-20(27)5-8-23(17)36-2)34-31-15-18-12-21(28)6-9-24(18)37-3/h4-15H,1-3H3,(H2,32,33,34)/b29-13-,30-14+,31-15+. The lowest BCUT2D eigenvalue weighted by Gasteiger charge is -2.07. The van der Waals surface area contributed by atoms with Crippen LogP contribution >= 0.6 is 47.8 Å². The average Bonchev–Trinajstić information content (AvgIpc) is 2.89. The highest BCUT2D eigenvalue weighted by molar-refractivity contribution is 9.11. The molecule has 0 fully saturated rings. The molecule has 0 saturated heterocycles. The van der Waals surface area contributed by atoms with Gasteiger partial charge < -0.3 is 14.2 Å². The number of nitrogens with zero attached hydrogens (tertiary/aromatic N) is 4. The van der Waals surface area contributed by atoms with Gasteiger partial charge in [0.2, 0.25) is 0 Å². The molecule has 0 radical (unpaired) electrons. The third-order valence-electron chi connectivity index (χ3n) is 4.68. The van der Waals surface area contributed by atoms with Crippen LogP contribution in [0.5, 0.6) is 17.2 Å². The molecule has 12 heteroatoms. The summed E-state index contributed by atoms with van der Waals surface area (Å²) in [5.41, 5.74) is 7.90. The van der Waals surface area contributed by atoms with E-state index >= 15 is 0 Å². The highest BCUT2D eigenvalue weighted by Crippen LogP contribution is 2.23. The van der Waals surface area contributed by atoms with E-state index < -0.39 is 0 Å². The molecular formula is C25H23Br3N6O3. The Morgan fingerprint density at radius 1 is 0.622 bits per heavy atom. The number of guanidine groups is 1. The highest BCUT2D eigenvalue weighted by atomic mass is 79.9. The molecule has 37 heavy (non-hydrogen) atoms. The van der Waals surface area contributed by atoms with Crippen LogP contribution in [0.1, 0.15) is 16.7 Å². The maximum atomic E-state index is 5.38. The minimum Gasteiger partial charge on any atom is -0.496 e. The Balaban J connectivity index is 1.84. The Morgan fingerprint density at radius 3 is 1.38 bits per heavy atom. The Labute approximate surface area is 240 Å². The molecule has 0 aromatic heterocycles. The number of ether oxygens (including phenoxy) is 3. The second-order valence-corrected chi connectivity index (χ2v) is 9.84. The van der Waals surface area contributed by atoms with Gasteiger partial charge in [-0.2, -0.15) is 15.3 Å². The third-order valence-corrected chi connectivity index (χ3v) is 6.16. The number of benzene rings is 3. The van der Waals surface area contributed by atoms with Crippen molar-refractivity contribution in [2.24, 2.45) is 20.4 Å². The van der Waals surface area contributed by atoms with Gasteiger partial charge in [-0.3, -0.25) is 0 Å². The van der Waals surface area contributed by atoms with Gasteiger partial charge in [0.25, 0.3) is 5.96 Å². The zero-order valence-electron chi connectivity index (χ0n) is 20.1. The molecule has 0 aliphatic rings. The van der Waals surface area contributed by atoms with E-state index in [0.717, 1.165) is 30.1 Å². The van der Waals surface area contributed by atoms with Crippen LogP contribution in [-0.4, -0.2) is 45.9 Å². The molecule has 9 nitrogen and oxygen atoms in total. The van der Waals surface area contributed by atoms with E-state index in [1.165, 1.54) is 0 Å². The van der Waals surface area contributed by atoms with Crippen LogP contribution in [0.2, 0.25) is 0 Å². The monoisotopic (exact) mass is 692 g/mol. The van der Waals surface area contributed by atoms with Crippen molar-refractivity contribution < 1.29 is 14.2 Å².